The molecule has 1 aliphatic rings. The molecular formula is C18H18N4OS. The molecule has 0 radical (unpaired) electrons. The van der Waals surface area contributed by atoms with E-state index in [1.54, 1.807) is 22.3 Å². The highest BCUT2D eigenvalue weighted by Gasteiger charge is 2.19. The Morgan fingerprint density at radius 1 is 1.29 bits per heavy atom. The fourth-order valence-corrected chi connectivity index (χ4v) is 4.21. The minimum Gasteiger partial charge on any atom is -0.345 e. The van der Waals surface area contributed by atoms with Gasteiger partial charge in [0.25, 0.3) is 5.91 Å². The van der Waals surface area contributed by atoms with Gasteiger partial charge in [-0.1, -0.05) is 12.1 Å². The number of carbonyl (C=O) groups is 1. The van der Waals surface area contributed by atoms with E-state index in [4.69, 9.17) is 0 Å². The van der Waals surface area contributed by atoms with Gasteiger partial charge < -0.3 is 5.32 Å². The number of aromatic nitrogens is 3. The summed E-state index contributed by atoms with van der Waals surface area (Å²) in [6, 6.07) is 9.99. The van der Waals surface area contributed by atoms with E-state index in [9.17, 15) is 4.79 Å². The molecule has 0 saturated heterocycles. The van der Waals surface area contributed by atoms with Crippen molar-refractivity contribution in [2.45, 2.75) is 32.2 Å². The van der Waals surface area contributed by atoms with Crippen LogP contribution in [0.3, 0.4) is 0 Å². The number of nitrogens with zero attached hydrogens (tertiary/aromatic N) is 3. The van der Waals surface area contributed by atoms with E-state index in [1.807, 2.05) is 31.2 Å². The molecule has 5 nitrogen and oxygen atoms in total. The Morgan fingerprint density at radius 2 is 2.12 bits per heavy atom. The Balaban J connectivity index is 1.45. The lowest BCUT2D eigenvalue weighted by Crippen LogP contribution is -2.25. The van der Waals surface area contributed by atoms with Crippen LogP contribution in [0.25, 0.3) is 5.69 Å². The van der Waals surface area contributed by atoms with Crippen molar-refractivity contribution in [3.63, 3.8) is 0 Å². The number of thiophene rings is 1. The highest BCUT2D eigenvalue weighted by atomic mass is 32.1. The van der Waals surface area contributed by atoms with E-state index < -0.39 is 0 Å². The van der Waals surface area contributed by atoms with E-state index in [1.165, 1.54) is 23.2 Å². The highest BCUT2D eigenvalue weighted by molar-refractivity contribution is 7.14. The number of fused-ring (bicyclic) bond motifs is 1. The normalized spacial score (nSPS) is 14.4. The summed E-state index contributed by atoms with van der Waals surface area (Å²) in [7, 11) is 0. The van der Waals surface area contributed by atoms with Crippen LogP contribution >= 0.6 is 11.3 Å². The average molecular weight is 338 g/mol. The summed E-state index contributed by atoms with van der Waals surface area (Å²) in [5.74, 6) is 0.0160. The largest absolute Gasteiger partial charge is 0.345 e. The summed E-state index contributed by atoms with van der Waals surface area (Å²) in [6.45, 7) is 2.00. The van der Waals surface area contributed by atoms with Crippen molar-refractivity contribution in [3.8, 4) is 5.69 Å². The van der Waals surface area contributed by atoms with Crippen molar-refractivity contribution >= 4 is 17.2 Å². The molecule has 3 aromatic rings. The zero-order valence-corrected chi connectivity index (χ0v) is 14.2. The number of benzene rings is 1. The summed E-state index contributed by atoms with van der Waals surface area (Å²) in [4.78, 5) is 18.6. The number of hydrogen-bond acceptors (Lipinski definition) is 4. The minimum absolute atomic E-state index is 0.0160. The van der Waals surface area contributed by atoms with E-state index in [0.29, 0.717) is 0 Å². The van der Waals surface area contributed by atoms with Crippen molar-refractivity contribution in [2.24, 2.45) is 0 Å². The highest BCUT2D eigenvalue weighted by Crippen LogP contribution is 2.30. The van der Waals surface area contributed by atoms with Crippen LogP contribution in [-0.2, 0) is 12.8 Å². The van der Waals surface area contributed by atoms with Crippen LogP contribution in [0.1, 0.15) is 45.1 Å². The van der Waals surface area contributed by atoms with Gasteiger partial charge in [-0.15, -0.1) is 11.3 Å². The molecule has 1 atom stereocenters. The van der Waals surface area contributed by atoms with Crippen molar-refractivity contribution in [3.05, 3.63) is 63.9 Å². The molecule has 0 bridgehead atoms. The molecule has 1 unspecified atom stereocenters. The zero-order chi connectivity index (χ0) is 16.5. The second-order valence-electron chi connectivity index (χ2n) is 6.04. The molecule has 1 aromatic carbocycles. The van der Waals surface area contributed by atoms with Crippen molar-refractivity contribution in [2.75, 3.05) is 0 Å². The maximum absolute atomic E-state index is 12.5. The number of nitrogens with one attached hydrogen (secondary N) is 1. The number of rotatable bonds is 4. The molecule has 2 heterocycles. The molecule has 4 rings (SSSR count). The number of aryl methyl sites for hydroxylation is 2. The number of carbonyl (C=O) groups excluding carboxylic acids is 1. The molecule has 2 aromatic heterocycles. The van der Waals surface area contributed by atoms with E-state index in [-0.39, 0.29) is 11.9 Å². The third-order valence-corrected chi connectivity index (χ3v) is 5.63. The zero-order valence-electron chi connectivity index (χ0n) is 13.4. The summed E-state index contributed by atoms with van der Waals surface area (Å²) in [5.41, 5.74) is 3.37. The van der Waals surface area contributed by atoms with Crippen LogP contribution in [0, 0.1) is 0 Å². The van der Waals surface area contributed by atoms with Gasteiger partial charge in [0.1, 0.15) is 12.7 Å². The molecule has 0 saturated carbocycles. The van der Waals surface area contributed by atoms with Crippen molar-refractivity contribution in [1.82, 2.24) is 20.1 Å². The first-order valence-electron chi connectivity index (χ1n) is 8.08. The Morgan fingerprint density at radius 3 is 2.83 bits per heavy atom. The second kappa shape index (κ2) is 6.20. The Bertz CT molecular complexity index is 830. The van der Waals surface area contributed by atoms with Gasteiger partial charge in [0, 0.05) is 4.88 Å². The molecule has 6 heteroatoms. The van der Waals surface area contributed by atoms with Crippen LogP contribution in [-0.4, -0.2) is 20.7 Å². The SMILES string of the molecule is CC(NC(=O)c1cc2c(s1)CCC2)c1ccc(-n2cncn2)cc1. The monoisotopic (exact) mass is 338 g/mol. The van der Waals surface area contributed by atoms with Crippen molar-refractivity contribution in [1.29, 1.82) is 0 Å². The van der Waals surface area contributed by atoms with Gasteiger partial charge in [-0.2, -0.15) is 5.10 Å². The molecule has 1 amide bonds. The standard InChI is InChI=1S/C18H18N4OS/c1-12(13-5-7-15(8-6-13)22-11-19-10-20-22)21-18(23)17-9-14-3-2-4-16(14)24-17/h5-12H,2-4H2,1H3,(H,21,23). The molecule has 0 spiro atoms. The second-order valence-corrected chi connectivity index (χ2v) is 7.18. The fourth-order valence-electron chi connectivity index (χ4n) is 3.05. The van der Waals surface area contributed by atoms with Gasteiger partial charge in [-0.3, -0.25) is 4.79 Å². The third-order valence-electron chi connectivity index (χ3n) is 4.39. The molecule has 0 aliphatic heterocycles. The lowest BCUT2D eigenvalue weighted by Gasteiger charge is -2.14. The molecule has 24 heavy (non-hydrogen) atoms. The van der Waals surface area contributed by atoms with Gasteiger partial charge in [0.15, 0.2) is 0 Å². The van der Waals surface area contributed by atoms with Crippen LogP contribution in [0.4, 0.5) is 0 Å². The first-order chi connectivity index (χ1) is 11.7. The maximum atomic E-state index is 12.5. The Labute approximate surface area is 144 Å². The third kappa shape index (κ3) is 2.85. The Hall–Kier alpha value is -2.47. The summed E-state index contributed by atoms with van der Waals surface area (Å²) < 4.78 is 1.71. The fraction of sp³-hybridized carbons (Fsp3) is 0.278. The summed E-state index contributed by atoms with van der Waals surface area (Å²) in [6.07, 6.45) is 6.62. The molecule has 122 valence electrons. The predicted octanol–water partition coefficient (Wildman–Crippen LogP) is 3.31. The van der Waals surface area contributed by atoms with Gasteiger partial charge >= 0.3 is 0 Å². The van der Waals surface area contributed by atoms with Crippen LogP contribution in [0.15, 0.2) is 43.0 Å². The van der Waals surface area contributed by atoms with Gasteiger partial charge in [-0.05, 0) is 55.5 Å². The minimum atomic E-state index is -0.0424. The lowest BCUT2D eigenvalue weighted by atomic mass is 10.1. The molecular weight excluding hydrogens is 320 g/mol. The van der Waals surface area contributed by atoms with E-state index >= 15 is 0 Å². The first kappa shape index (κ1) is 15.1. The predicted molar refractivity (Wildman–Crippen MR) is 93.6 cm³/mol. The average Bonchev–Trinajstić information content (AvgIpc) is 3.31. The van der Waals surface area contributed by atoms with E-state index in [0.717, 1.165) is 29.0 Å². The topological polar surface area (TPSA) is 59.8 Å². The maximum Gasteiger partial charge on any atom is 0.261 e. The van der Waals surface area contributed by atoms with Gasteiger partial charge in [-0.25, -0.2) is 9.67 Å². The molecule has 0 fully saturated rings. The van der Waals surface area contributed by atoms with Crippen LogP contribution in [0.2, 0.25) is 0 Å². The Kier molecular flexibility index (Phi) is 3.90. The van der Waals surface area contributed by atoms with Crippen LogP contribution < -0.4 is 5.32 Å². The van der Waals surface area contributed by atoms with Crippen molar-refractivity contribution < 1.29 is 4.79 Å². The van der Waals surface area contributed by atoms with Crippen LogP contribution in [0.5, 0.6) is 0 Å². The molecule has 1 aliphatic carbocycles. The lowest BCUT2D eigenvalue weighted by molar-refractivity contribution is 0.0944. The van der Waals surface area contributed by atoms with Gasteiger partial charge in [0.05, 0.1) is 16.6 Å². The number of amides is 1. The quantitative estimate of drug-likeness (QED) is 0.794. The smallest absolute Gasteiger partial charge is 0.261 e. The number of hydrogen-bond donors (Lipinski definition) is 1. The van der Waals surface area contributed by atoms with Gasteiger partial charge in [0.2, 0.25) is 0 Å². The summed E-state index contributed by atoms with van der Waals surface area (Å²) in [5, 5.41) is 7.20. The molecule has 1 N–H and O–H groups in total. The summed E-state index contributed by atoms with van der Waals surface area (Å²) >= 11 is 1.64. The first-order valence-corrected chi connectivity index (χ1v) is 8.90. The van der Waals surface area contributed by atoms with E-state index in [2.05, 4.69) is 21.5 Å².